The predicted molar refractivity (Wildman–Crippen MR) is 33.5 cm³/mol. The van der Waals surface area contributed by atoms with Gasteiger partial charge in [-0.05, 0) is 0 Å². The van der Waals surface area contributed by atoms with Crippen molar-refractivity contribution in [3.05, 3.63) is 18.2 Å². The third-order valence-corrected chi connectivity index (χ3v) is 1.62. The van der Waals surface area contributed by atoms with Crippen LogP contribution >= 0.6 is 0 Å². The van der Waals surface area contributed by atoms with E-state index < -0.39 is 0 Å². The first-order chi connectivity index (χ1) is 4.33. The standard InChI is InChI=1S/C5H2N3.Sn.H/c6-4-5-7-2-1-3-8-5;;/h2-3H;;. The monoisotopic (exact) mass is 225 g/mol. The molecule has 0 aromatic carbocycles. The van der Waals surface area contributed by atoms with Crippen molar-refractivity contribution >= 4 is 26.1 Å². The van der Waals surface area contributed by atoms with Crippen LogP contribution in [0.4, 0.5) is 0 Å². The molecule has 0 fully saturated rings. The Labute approximate surface area is 65.8 Å². The molecule has 0 unspecified atom stereocenters. The van der Waals surface area contributed by atoms with Crippen molar-refractivity contribution in [3.8, 4) is 6.07 Å². The summed E-state index contributed by atoms with van der Waals surface area (Å²) in [6.07, 6.45) is 3.35. The Hall–Kier alpha value is -0.631. The Kier molecular flexibility index (Phi) is 2.00. The molecule has 0 saturated heterocycles. The van der Waals surface area contributed by atoms with Crippen LogP contribution in [0.5, 0.6) is 0 Å². The average molecular weight is 224 g/mol. The van der Waals surface area contributed by atoms with Crippen LogP contribution in [0.15, 0.2) is 12.4 Å². The second-order valence-corrected chi connectivity index (χ2v) is 3.35. The van der Waals surface area contributed by atoms with E-state index in [0.29, 0.717) is 0 Å². The van der Waals surface area contributed by atoms with Crippen molar-refractivity contribution < 1.29 is 0 Å². The molecule has 0 N–H and O–H groups in total. The molecule has 0 aliphatic heterocycles. The van der Waals surface area contributed by atoms with Crippen molar-refractivity contribution in [1.29, 1.82) is 5.26 Å². The molecule has 1 aromatic heterocycles. The molecule has 9 heavy (non-hydrogen) atoms. The Morgan fingerprint density at radius 1 is 1.44 bits per heavy atom. The number of hydrogen-bond donors (Lipinski definition) is 0. The van der Waals surface area contributed by atoms with Gasteiger partial charge in [-0.15, -0.1) is 0 Å². The van der Waals surface area contributed by atoms with E-state index in [0.717, 1.165) is 26.1 Å². The van der Waals surface area contributed by atoms with Crippen molar-refractivity contribution in [1.82, 2.24) is 9.97 Å². The van der Waals surface area contributed by atoms with Crippen LogP contribution in [0.25, 0.3) is 0 Å². The number of hydrogen-bond acceptors (Lipinski definition) is 3. The van der Waals surface area contributed by atoms with Gasteiger partial charge in [-0.3, -0.25) is 0 Å². The van der Waals surface area contributed by atoms with Crippen LogP contribution in [0.1, 0.15) is 5.82 Å². The summed E-state index contributed by atoms with van der Waals surface area (Å²) in [5, 5.41) is 8.26. The van der Waals surface area contributed by atoms with Gasteiger partial charge in [-0.2, -0.15) is 0 Å². The molecule has 1 rings (SSSR count). The van der Waals surface area contributed by atoms with Gasteiger partial charge < -0.3 is 0 Å². The minimum absolute atomic E-state index is 0.244. The summed E-state index contributed by atoms with van der Waals surface area (Å²) in [5.74, 6) is 0.244. The zero-order valence-corrected chi connectivity index (χ0v) is 7.87. The molecule has 0 atom stereocenters. The second kappa shape index (κ2) is 2.78. The van der Waals surface area contributed by atoms with Crippen LogP contribution in [0.3, 0.4) is 0 Å². The Bertz CT molecular complexity index is 235. The van der Waals surface area contributed by atoms with Crippen LogP contribution in [0.2, 0.25) is 0 Å². The first-order valence-corrected chi connectivity index (χ1v) is 3.95. The molecule has 0 aliphatic rings. The fourth-order valence-corrected chi connectivity index (χ4v) is 0.821. The summed E-state index contributed by atoms with van der Waals surface area (Å²) in [6, 6.07) is 1.85. The quantitative estimate of drug-likeness (QED) is 0.524. The maximum atomic E-state index is 8.26. The Morgan fingerprint density at radius 2 is 2.00 bits per heavy atom. The van der Waals surface area contributed by atoms with Crippen LogP contribution in [0, 0.1) is 11.3 Å². The molecule has 4 heteroatoms. The van der Waals surface area contributed by atoms with E-state index in [2.05, 4.69) is 9.97 Å². The number of rotatable bonds is 0. The summed E-state index contributed by atoms with van der Waals surface area (Å²) in [4.78, 5) is 7.51. The van der Waals surface area contributed by atoms with Gasteiger partial charge in [0.2, 0.25) is 0 Å². The van der Waals surface area contributed by atoms with E-state index in [1.54, 1.807) is 12.4 Å². The van der Waals surface area contributed by atoms with Gasteiger partial charge in [0, 0.05) is 0 Å². The van der Waals surface area contributed by atoms with Crippen LogP contribution in [-0.4, -0.2) is 32.5 Å². The number of nitriles is 1. The van der Waals surface area contributed by atoms with Crippen LogP contribution in [-0.2, 0) is 0 Å². The van der Waals surface area contributed by atoms with E-state index in [1.165, 1.54) is 0 Å². The summed E-state index contributed by atoms with van der Waals surface area (Å²) < 4.78 is 1.10. The molecular formula is C5H3N3Sn. The van der Waals surface area contributed by atoms with E-state index >= 15 is 0 Å². The summed E-state index contributed by atoms with van der Waals surface area (Å²) in [5.41, 5.74) is 0. The van der Waals surface area contributed by atoms with Crippen molar-refractivity contribution in [2.45, 2.75) is 0 Å². The van der Waals surface area contributed by atoms with Gasteiger partial charge in [0.05, 0.1) is 0 Å². The summed E-state index contributed by atoms with van der Waals surface area (Å²) in [7, 11) is 0. The van der Waals surface area contributed by atoms with Gasteiger partial charge in [0.1, 0.15) is 0 Å². The van der Waals surface area contributed by atoms with E-state index in [4.69, 9.17) is 5.26 Å². The van der Waals surface area contributed by atoms with Crippen molar-refractivity contribution in [3.63, 3.8) is 0 Å². The molecule has 0 spiro atoms. The zero-order valence-electron chi connectivity index (χ0n) is 4.57. The van der Waals surface area contributed by atoms with Gasteiger partial charge in [0.15, 0.2) is 0 Å². The fourth-order valence-electron chi connectivity index (χ4n) is 0.396. The first-order valence-electron chi connectivity index (χ1n) is 2.30. The van der Waals surface area contributed by atoms with E-state index in [9.17, 15) is 0 Å². The molecule has 0 bridgehead atoms. The van der Waals surface area contributed by atoms with Crippen LogP contribution < -0.4 is 3.58 Å². The third kappa shape index (κ3) is 1.64. The average Bonchev–Trinajstić information content (AvgIpc) is 1.90. The zero-order chi connectivity index (χ0) is 6.69. The SMILES string of the molecule is N#Cc1nc[c]([SnH])cn1. The van der Waals surface area contributed by atoms with E-state index in [-0.39, 0.29) is 5.82 Å². The molecule has 0 saturated carbocycles. The second-order valence-electron chi connectivity index (χ2n) is 1.45. The van der Waals surface area contributed by atoms with Gasteiger partial charge >= 0.3 is 65.6 Å². The fraction of sp³-hybridized carbons (Fsp3) is 0. The molecule has 0 aliphatic carbocycles. The number of aromatic nitrogens is 2. The van der Waals surface area contributed by atoms with Gasteiger partial charge in [0.25, 0.3) is 0 Å². The first kappa shape index (κ1) is 6.49. The minimum atomic E-state index is 0.244. The van der Waals surface area contributed by atoms with E-state index in [1.807, 2.05) is 6.07 Å². The predicted octanol–water partition coefficient (Wildman–Crippen LogP) is -1.13. The third-order valence-electron chi connectivity index (χ3n) is 0.772. The Morgan fingerprint density at radius 3 is 2.44 bits per heavy atom. The summed E-state index contributed by atoms with van der Waals surface area (Å²) in [6.45, 7) is 0. The van der Waals surface area contributed by atoms with Crippen molar-refractivity contribution in [2.24, 2.45) is 0 Å². The molecule has 42 valence electrons. The molecule has 1 heterocycles. The normalized spacial score (nSPS) is 8.44. The molecule has 1 aromatic rings. The van der Waals surface area contributed by atoms with Gasteiger partial charge in [-0.25, -0.2) is 0 Å². The molecule has 2 radical (unpaired) electrons. The van der Waals surface area contributed by atoms with Gasteiger partial charge in [-0.1, -0.05) is 0 Å². The number of nitrogens with zero attached hydrogens (tertiary/aromatic N) is 3. The maximum absolute atomic E-state index is 8.26. The molecular weight excluding hydrogens is 221 g/mol. The summed E-state index contributed by atoms with van der Waals surface area (Å²) >= 11 is 1.000. The molecule has 3 nitrogen and oxygen atoms in total. The molecule has 0 amide bonds. The topological polar surface area (TPSA) is 49.6 Å². The Balaban J connectivity index is 3.06. The van der Waals surface area contributed by atoms with Crippen molar-refractivity contribution in [2.75, 3.05) is 0 Å².